The average Bonchev–Trinajstić information content (AvgIpc) is 2.29. The van der Waals surface area contributed by atoms with Crippen LogP contribution in [0.1, 0.15) is 58.3 Å². The van der Waals surface area contributed by atoms with Crippen LogP contribution >= 0.6 is 0 Å². The molecule has 1 aliphatic rings. The molecule has 0 spiro atoms. The Kier molecular flexibility index (Phi) is 7.01. The molecule has 0 bridgehead atoms. The first-order valence-corrected chi connectivity index (χ1v) is 6.94. The molecule has 100 valence electrons. The molecule has 0 radical (unpaired) electrons. The summed E-state index contributed by atoms with van der Waals surface area (Å²) in [6.45, 7) is 1.96. The number of hydrogen-bond acceptors (Lipinski definition) is 2. The minimum atomic E-state index is -0.128. The van der Waals surface area contributed by atoms with Crippen molar-refractivity contribution in [2.45, 2.75) is 70.4 Å². The van der Waals surface area contributed by atoms with Crippen molar-refractivity contribution in [2.24, 2.45) is 0 Å². The van der Waals surface area contributed by atoms with Crippen LogP contribution in [-0.4, -0.2) is 29.8 Å². The average molecular weight is 242 g/mol. The quantitative estimate of drug-likeness (QED) is 0.707. The molecule has 0 aromatic carbocycles. The van der Waals surface area contributed by atoms with Crippen molar-refractivity contribution < 1.29 is 9.90 Å². The summed E-state index contributed by atoms with van der Waals surface area (Å²) in [4.78, 5) is 11.7. The minimum absolute atomic E-state index is 0.00852. The van der Waals surface area contributed by atoms with Gasteiger partial charge in [-0.05, 0) is 19.3 Å². The van der Waals surface area contributed by atoms with Gasteiger partial charge in [-0.25, -0.2) is 4.79 Å². The number of carbonyl (C=O) groups excluding carboxylic acids is 1. The van der Waals surface area contributed by atoms with E-state index in [0.717, 1.165) is 19.3 Å². The SMILES string of the molecule is CCC(CO)NC(=O)NC1CCCCCCC1. The number of carbonyl (C=O) groups is 1. The minimum Gasteiger partial charge on any atom is -0.394 e. The highest BCUT2D eigenvalue weighted by atomic mass is 16.3. The van der Waals surface area contributed by atoms with Crippen molar-refractivity contribution in [3.8, 4) is 0 Å². The van der Waals surface area contributed by atoms with Crippen LogP contribution in [0, 0.1) is 0 Å². The van der Waals surface area contributed by atoms with Crippen LogP contribution in [0.3, 0.4) is 0 Å². The van der Waals surface area contributed by atoms with Gasteiger partial charge in [0.25, 0.3) is 0 Å². The van der Waals surface area contributed by atoms with Crippen LogP contribution in [0.15, 0.2) is 0 Å². The third-order valence-corrected chi connectivity index (χ3v) is 3.49. The van der Waals surface area contributed by atoms with E-state index in [9.17, 15) is 4.79 Å². The molecule has 1 fully saturated rings. The molecule has 2 amide bonds. The lowest BCUT2D eigenvalue weighted by Crippen LogP contribution is -2.47. The summed E-state index contributed by atoms with van der Waals surface area (Å²) in [5, 5.41) is 14.8. The van der Waals surface area contributed by atoms with E-state index in [2.05, 4.69) is 10.6 Å². The van der Waals surface area contributed by atoms with Crippen LogP contribution in [0.5, 0.6) is 0 Å². The summed E-state index contributed by atoms with van der Waals surface area (Å²) in [5.41, 5.74) is 0. The van der Waals surface area contributed by atoms with Crippen molar-refractivity contribution in [3.63, 3.8) is 0 Å². The molecule has 1 saturated carbocycles. The van der Waals surface area contributed by atoms with Gasteiger partial charge in [-0.1, -0.05) is 39.0 Å². The second-order valence-electron chi connectivity index (χ2n) is 4.95. The molecule has 0 aromatic heterocycles. The van der Waals surface area contributed by atoms with E-state index in [0.29, 0.717) is 6.04 Å². The number of amides is 2. The summed E-state index contributed by atoms with van der Waals surface area (Å²) in [5.74, 6) is 0. The van der Waals surface area contributed by atoms with Gasteiger partial charge in [-0.3, -0.25) is 0 Å². The maximum Gasteiger partial charge on any atom is 0.315 e. The molecule has 1 aliphatic carbocycles. The van der Waals surface area contributed by atoms with Crippen molar-refractivity contribution in [2.75, 3.05) is 6.61 Å². The van der Waals surface area contributed by atoms with Gasteiger partial charge in [0.05, 0.1) is 12.6 Å². The molecular weight excluding hydrogens is 216 g/mol. The Morgan fingerprint density at radius 2 is 1.82 bits per heavy atom. The van der Waals surface area contributed by atoms with Gasteiger partial charge in [0.15, 0.2) is 0 Å². The van der Waals surface area contributed by atoms with Crippen LogP contribution in [0.4, 0.5) is 4.79 Å². The van der Waals surface area contributed by atoms with Gasteiger partial charge in [-0.15, -0.1) is 0 Å². The molecule has 3 N–H and O–H groups in total. The van der Waals surface area contributed by atoms with Crippen molar-refractivity contribution in [1.82, 2.24) is 10.6 Å². The lowest BCUT2D eigenvalue weighted by Gasteiger charge is -2.23. The Hall–Kier alpha value is -0.770. The Morgan fingerprint density at radius 3 is 2.35 bits per heavy atom. The van der Waals surface area contributed by atoms with Gasteiger partial charge in [0.1, 0.15) is 0 Å². The molecular formula is C13H26N2O2. The smallest absolute Gasteiger partial charge is 0.315 e. The van der Waals surface area contributed by atoms with Gasteiger partial charge in [0, 0.05) is 6.04 Å². The van der Waals surface area contributed by atoms with Crippen LogP contribution in [-0.2, 0) is 0 Å². The zero-order valence-corrected chi connectivity index (χ0v) is 10.9. The van der Waals surface area contributed by atoms with E-state index in [1.54, 1.807) is 0 Å². The lowest BCUT2D eigenvalue weighted by molar-refractivity contribution is 0.210. The highest BCUT2D eigenvalue weighted by molar-refractivity contribution is 5.74. The molecule has 1 rings (SSSR count). The van der Waals surface area contributed by atoms with E-state index in [1.165, 1.54) is 32.1 Å². The fourth-order valence-corrected chi connectivity index (χ4v) is 2.29. The third-order valence-electron chi connectivity index (χ3n) is 3.49. The summed E-state index contributed by atoms with van der Waals surface area (Å²) < 4.78 is 0. The largest absolute Gasteiger partial charge is 0.394 e. The Morgan fingerprint density at radius 1 is 1.24 bits per heavy atom. The van der Waals surface area contributed by atoms with Gasteiger partial charge < -0.3 is 15.7 Å². The molecule has 0 saturated heterocycles. The zero-order chi connectivity index (χ0) is 12.5. The first-order valence-electron chi connectivity index (χ1n) is 6.94. The fraction of sp³-hybridized carbons (Fsp3) is 0.923. The number of aliphatic hydroxyl groups is 1. The van der Waals surface area contributed by atoms with Crippen molar-refractivity contribution in [3.05, 3.63) is 0 Å². The monoisotopic (exact) mass is 242 g/mol. The van der Waals surface area contributed by atoms with E-state index in [4.69, 9.17) is 5.11 Å². The molecule has 0 aromatic rings. The Labute approximate surface area is 104 Å². The molecule has 0 aliphatic heterocycles. The molecule has 1 atom stereocenters. The molecule has 0 heterocycles. The third kappa shape index (κ3) is 5.91. The predicted octanol–water partition coefficient (Wildman–Crippen LogP) is 2.17. The number of nitrogens with one attached hydrogen (secondary N) is 2. The fourth-order valence-electron chi connectivity index (χ4n) is 2.29. The first-order chi connectivity index (χ1) is 8.26. The zero-order valence-electron chi connectivity index (χ0n) is 10.9. The molecule has 1 unspecified atom stereocenters. The Bertz CT molecular complexity index is 209. The highest BCUT2D eigenvalue weighted by Gasteiger charge is 2.15. The normalized spacial score (nSPS) is 20.1. The van der Waals surface area contributed by atoms with Crippen LogP contribution in [0.2, 0.25) is 0 Å². The van der Waals surface area contributed by atoms with Crippen molar-refractivity contribution in [1.29, 1.82) is 0 Å². The number of hydrogen-bond donors (Lipinski definition) is 3. The highest BCUT2D eigenvalue weighted by Crippen LogP contribution is 2.16. The molecule has 17 heavy (non-hydrogen) atoms. The maximum atomic E-state index is 11.7. The summed E-state index contributed by atoms with van der Waals surface area (Å²) in [7, 11) is 0. The topological polar surface area (TPSA) is 61.4 Å². The van der Waals surface area contributed by atoms with Gasteiger partial charge >= 0.3 is 6.03 Å². The summed E-state index contributed by atoms with van der Waals surface area (Å²) in [6.07, 6.45) is 9.26. The Balaban J connectivity index is 2.27. The maximum absolute atomic E-state index is 11.7. The van der Waals surface area contributed by atoms with E-state index in [1.807, 2.05) is 6.92 Å². The predicted molar refractivity (Wildman–Crippen MR) is 68.9 cm³/mol. The van der Waals surface area contributed by atoms with Gasteiger partial charge in [0.2, 0.25) is 0 Å². The number of rotatable bonds is 4. The summed E-state index contributed by atoms with van der Waals surface area (Å²) >= 11 is 0. The molecule has 4 heteroatoms. The lowest BCUT2D eigenvalue weighted by atomic mass is 9.97. The van der Waals surface area contributed by atoms with Crippen LogP contribution in [0.25, 0.3) is 0 Å². The standard InChI is InChI=1S/C13H26N2O2/c1-2-11(10-16)14-13(17)15-12-8-6-4-3-5-7-9-12/h11-12,16H,2-10H2,1H3,(H2,14,15,17). The van der Waals surface area contributed by atoms with E-state index >= 15 is 0 Å². The second-order valence-corrected chi connectivity index (χ2v) is 4.95. The van der Waals surface area contributed by atoms with Crippen LogP contribution < -0.4 is 10.6 Å². The van der Waals surface area contributed by atoms with Gasteiger partial charge in [-0.2, -0.15) is 0 Å². The van der Waals surface area contributed by atoms with E-state index in [-0.39, 0.29) is 18.7 Å². The summed E-state index contributed by atoms with van der Waals surface area (Å²) in [6, 6.07) is 0.0616. The second kappa shape index (κ2) is 8.34. The number of urea groups is 1. The first kappa shape index (κ1) is 14.3. The van der Waals surface area contributed by atoms with Crippen molar-refractivity contribution >= 4 is 6.03 Å². The number of aliphatic hydroxyl groups excluding tert-OH is 1. The van der Waals surface area contributed by atoms with E-state index < -0.39 is 0 Å². The molecule has 4 nitrogen and oxygen atoms in total.